The Morgan fingerprint density at radius 1 is 1.30 bits per heavy atom. The van der Waals surface area contributed by atoms with Crippen LogP contribution in [-0.4, -0.2) is 11.7 Å². The first-order valence-electron chi connectivity index (χ1n) is 4.49. The topological polar surface area (TPSA) is 20.2 Å². The molecule has 1 fully saturated rings. The maximum absolute atomic E-state index is 8.73. The second-order valence-corrected chi connectivity index (χ2v) is 3.43. The highest BCUT2D eigenvalue weighted by atomic mass is 16.3. The second-order valence-electron chi connectivity index (χ2n) is 3.43. The predicted molar refractivity (Wildman–Crippen MR) is 42.8 cm³/mol. The third-order valence-electron chi connectivity index (χ3n) is 2.48. The van der Waals surface area contributed by atoms with Crippen molar-refractivity contribution in [3.8, 4) is 0 Å². The Bertz CT molecular complexity index is 90.7. The molecule has 60 valence electrons. The van der Waals surface area contributed by atoms with E-state index in [9.17, 15) is 0 Å². The van der Waals surface area contributed by atoms with Crippen LogP contribution in [0.4, 0.5) is 0 Å². The highest BCUT2D eigenvalue weighted by Gasteiger charge is 2.34. The summed E-state index contributed by atoms with van der Waals surface area (Å²) < 4.78 is 0. The molecule has 0 heterocycles. The highest BCUT2D eigenvalue weighted by Crippen LogP contribution is 2.41. The molecular formula is C9H18O. The van der Waals surface area contributed by atoms with E-state index in [1.165, 1.54) is 32.1 Å². The van der Waals surface area contributed by atoms with Gasteiger partial charge in [0.15, 0.2) is 0 Å². The molecule has 0 radical (unpaired) electrons. The Morgan fingerprint density at radius 3 is 2.60 bits per heavy atom. The number of unbranched alkanes of at least 4 members (excludes halogenated alkanes) is 2. The van der Waals surface area contributed by atoms with Crippen molar-refractivity contribution in [2.75, 3.05) is 6.61 Å². The van der Waals surface area contributed by atoms with E-state index in [2.05, 4.69) is 6.92 Å². The molecule has 1 unspecified atom stereocenters. The number of aliphatic hydroxyl groups excluding tert-OH is 1. The van der Waals surface area contributed by atoms with E-state index >= 15 is 0 Å². The normalized spacial score (nSPS) is 30.6. The molecular weight excluding hydrogens is 124 g/mol. The largest absolute Gasteiger partial charge is 0.396 e. The van der Waals surface area contributed by atoms with Gasteiger partial charge in [-0.3, -0.25) is 0 Å². The number of hydrogen-bond donors (Lipinski definition) is 1. The van der Waals surface area contributed by atoms with Crippen molar-refractivity contribution in [2.45, 2.75) is 39.0 Å². The van der Waals surface area contributed by atoms with Gasteiger partial charge in [0.25, 0.3) is 0 Å². The summed E-state index contributed by atoms with van der Waals surface area (Å²) >= 11 is 0. The molecule has 0 aromatic rings. The Hall–Kier alpha value is -0.0400. The Labute approximate surface area is 63.4 Å². The molecule has 0 aromatic heterocycles. The van der Waals surface area contributed by atoms with Crippen LogP contribution in [0.15, 0.2) is 0 Å². The molecule has 0 bridgehead atoms. The number of aliphatic hydroxyl groups is 1. The SMILES string of the molecule is CCCCC[C@H]1CC1CO. The summed E-state index contributed by atoms with van der Waals surface area (Å²) in [6.45, 7) is 2.66. The smallest absolute Gasteiger partial charge is 0.0462 e. The van der Waals surface area contributed by atoms with Crippen molar-refractivity contribution in [1.82, 2.24) is 0 Å². The van der Waals surface area contributed by atoms with Crippen LogP contribution >= 0.6 is 0 Å². The highest BCUT2D eigenvalue weighted by molar-refractivity contribution is 4.84. The van der Waals surface area contributed by atoms with Gasteiger partial charge in [-0.15, -0.1) is 0 Å². The minimum absolute atomic E-state index is 0.427. The van der Waals surface area contributed by atoms with E-state index in [1.54, 1.807) is 0 Å². The maximum atomic E-state index is 8.73. The van der Waals surface area contributed by atoms with Gasteiger partial charge in [0.1, 0.15) is 0 Å². The van der Waals surface area contributed by atoms with Crippen LogP contribution in [0.25, 0.3) is 0 Å². The number of hydrogen-bond acceptors (Lipinski definition) is 1. The lowest BCUT2D eigenvalue weighted by Gasteiger charge is -1.95. The van der Waals surface area contributed by atoms with Crippen LogP contribution in [0.1, 0.15) is 39.0 Å². The maximum Gasteiger partial charge on any atom is 0.0462 e. The van der Waals surface area contributed by atoms with Gasteiger partial charge in [0, 0.05) is 6.61 Å². The first kappa shape index (κ1) is 8.06. The van der Waals surface area contributed by atoms with Gasteiger partial charge in [-0.05, 0) is 18.3 Å². The molecule has 10 heavy (non-hydrogen) atoms. The fourth-order valence-electron chi connectivity index (χ4n) is 1.54. The number of rotatable bonds is 5. The first-order chi connectivity index (χ1) is 4.88. The molecule has 1 nitrogen and oxygen atoms in total. The molecule has 0 aliphatic heterocycles. The van der Waals surface area contributed by atoms with Crippen molar-refractivity contribution in [2.24, 2.45) is 11.8 Å². The van der Waals surface area contributed by atoms with Crippen molar-refractivity contribution >= 4 is 0 Å². The third-order valence-corrected chi connectivity index (χ3v) is 2.48. The van der Waals surface area contributed by atoms with E-state index < -0.39 is 0 Å². The van der Waals surface area contributed by atoms with E-state index in [1.807, 2.05) is 0 Å². The molecule has 1 N–H and O–H groups in total. The van der Waals surface area contributed by atoms with Crippen molar-refractivity contribution < 1.29 is 5.11 Å². The summed E-state index contributed by atoms with van der Waals surface area (Å²) in [5.41, 5.74) is 0. The van der Waals surface area contributed by atoms with Gasteiger partial charge in [-0.25, -0.2) is 0 Å². The van der Waals surface area contributed by atoms with Crippen LogP contribution in [0.5, 0.6) is 0 Å². The summed E-state index contributed by atoms with van der Waals surface area (Å²) in [5, 5.41) is 8.73. The minimum atomic E-state index is 0.427. The Kier molecular flexibility index (Phi) is 3.20. The van der Waals surface area contributed by atoms with Crippen LogP contribution in [0.3, 0.4) is 0 Å². The summed E-state index contributed by atoms with van der Waals surface area (Å²) in [6.07, 6.45) is 6.71. The zero-order chi connectivity index (χ0) is 7.40. The van der Waals surface area contributed by atoms with Gasteiger partial charge < -0.3 is 5.11 Å². The van der Waals surface area contributed by atoms with Crippen LogP contribution in [-0.2, 0) is 0 Å². The summed E-state index contributed by atoms with van der Waals surface area (Å²) in [7, 11) is 0. The monoisotopic (exact) mass is 142 g/mol. The van der Waals surface area contributed by atoms with Crippen molar-refractivity contribution in [1.29, 1.82) is 0 Å². The van der Waals surface area contributed by atoms with Crippen LogP contribution in [0.2, 0.25) is 0 Å². The third kappa shape index (κ3) is 2.30. The summed E-state index contributed by atoms with van der Waals surface area (Å²) in [4.78, 5) is 0. The van der Waals surface area contributed by atoms with Gasteiger partial charge in [0.05, 0.1) is 0 Å². The minimum Gasteiger partial charge on any atom is -0.396 e. The average Bonchev–Trinajstić information content (AvgIpc) is 2.68. The summed E-state index contributed by atoms with van der Waals surface area (Å²) in [6, 6.07) is 0. The molecule has 1 heteroatoms. The lowest BCUT2D eigenvalue weighted by atomic mass is 10.1. The van der Waals surface area contributed by atoms with E-state index in [0.717, 1.165) is 5.92 Å². The quantitative estimate of drug-likeness (QED) is 0.583. The fraction of sp³-hybridized carbons (Fsp3) is 1.00. The summed E-state index contributed by atoms with van der Waals surface area (Å²) in [5.74, 6) is 1.56. The molecule has 1 aliphatic carbocycles. The molecule has 0 saturated heterocycles. The average molecular weight is 142 g/mol. The van der Waals surface area contributed by atoms with Gasteiger partial charge in [-0.2, -0.15) is 0 Å². The molecule has 0 spiro atoms. The fourth-order valence-corrected chi connectivity index (χ4v) is 1.54. The Morgan fingerprint density at radius 2 is 2.10 bits per heavy atom. The molecule has 1 rings (SSSR count). The standard InChI is InChI=1S/C9H18O/c1-2-3-4-5-8-6-9(8)7-10/h8-10H,2-7H2,1H3/t8-,9?/m0/s1. The van der Waals surface area contributed by atoms with Crippen LogP contribution < -0.4 is 0 Å². The van der Waals surface area contributed by atoms with Crippen molar-refractivity contribution in [3.05, 3.63) is 0 Å². The van der Waals surface area contributed by atoms with E-state index in [4.69, 9.17) is 5.11 Å². The van der Waals surface area contributed by atoms with Gasteiger partial charge >= 0.3 is 0 Å². The lowest BCUT2D eigenvalue weighted by molar-refractivity contribution is 0.267. The second kappa shape index (κ2) is 3.97. The van der Waals surface area contributed by atoms with E-state index in [-0.39, 0.29) is 0 Å². The van der Waals surface area contributed by atoms with Gasteiger partial charge in [0.2, 0.25) is 0 Å². The predicted octanol–water partition coefficient (Wildman–Crippen LogP) is 2.20. The van der Waals surface area contributed by atoms with Crippen molar-refractivity contribution in [3.63, 3.8) is 0 Å². The Balaban J connectivity index is 1.87. The lowest BCUT2D eigenvalue weighted by Crippen LogP contribution is -1.88. The molecule has 1 aliphatic rings. The van der Waals surface area contributed by atoms with E-state index in [0.29, 0.717) is 12.5 Å². The van der Waals surface area contributed by atoms with Crippen LogP contribution in [0, 0.1) is 11.8 Å². The molecule has 1 saturated carbocycles. The molecule has 0 aromatic carbocycles. The molecule has 0 amide bonds. The zero-order valence-corrected chi connectivity index (χ0v) is 6.84. The first-order valence-corrected chi connectivity index (χ1v) is 4.49. The molecule has 2 atom stereocenters. The zero-order valence-electron chi connectivity index (χ0n) is 6.84. The van der Waals surface area contributed by atoms with Gasteiger partial charge in [-0.1, -0.05) is 32.6 Å².